The predicted molar refractivity (Wildman–Crippen MR) is 107 cm³/mol. The van der Waals surface area contributed by atoms with Crippen LogP contribution in [-0.4, -0.2) is 64.4 Å². The summed E-state index contributed by atoms with van der Waals surface area (Å²) in [6.07, 6.45) is 1.36. The van der Waals surface area contributed by atoms with E-state index in [9.17, 15) is 14.4 Å². The van der Waals surface area contributed by atoms with Gasteiger partial charge in [-0.2, -0.15) is 0 Å². The normalized spacial score (nSPS) is 11.4. The predicted octanol–water partition coefficient (Wildman–Crippen LogP) is -1.67. The van der Waals surface area contributed by atoms with Gasteiger partial charge in [0, 0.05) is 6.54 Å². The molecule has 0 saturated carbocycles. The van der Waals surface area contributed by atoms with Crippen LogP contribution in [0.3, 0.4) is 0 Å². The molecule has 0 fully saturated rings. The quantitative estimate of drug-likeness (QED) is 0.125. The third kappa shape index (κ3) is 19.3. The summed E-state index contributed by atoms with van der Waals surface area (Å²) in [4.78, 5) is 29.8. The molecule has 0 amide bonds. The highest BCUT2D eigenvalue weighted by Gasteiger charge is 2.11. The second kappa shape index (κ2) is 16.9. The van der Waals surface area contributed by atoms with Crippen LogP contribution in [0.1, 0.15) is 18.4 Å². The Labute approximate surface area is 168 Å². The van der Waals surface area contributed by atoms with Crippen molar-refractivity contribution in [2.75, 3.05) is 13.1 Å². The summed E-state index contributed by atoms with van der Waals surface area (Å²) in [5.74, 6) is -3.04. The van der Waals surface area contributed by atoms with Crippen LogP contribution in [0.4, 0.5) is 0 Å². The fourth-order valence-corrected chi connectivity index (χ4v) is 1.62. The fourth-order valence-electron chi connectivity index (χ4n) is 1.62. The van der Waals surface area contributed by atoms with E-state index in [2.05, 4.69) is 11.1 Å². The first-order valence-electron chi connectivity index (χ1n) is 8.51. The van der Waals surface area contributed by atoms with E-state index < -0.39 is 30.0 Å². The van der Waals surface area contributed by atoms with Gasteiger partial charge in [0.2, 0.25) is 0 Å². The van der Waals surface area contributed by atoms with Gasteiger partial charge in [0.15, 0.2) is 5.96 Å². The number of nitrogens with one attached hydrogen (secondary N) is 2. The van der Waals surface area contributed by atoms with Crippen LogP contribution in [0.2, 0.25) is 0 Å². The number of benzene rings is 1. The molecule has 29 heavy (non-hydrogen) atoms. The number of carboxylic acid groups (broad SMARTS) is 3. The molecule has 1 aromatic rings. The maximum Gasteiger partial charge on any atom is 0.320 e. The van der Waals surface area contributed by atoms with E-state index in [1.807, 2.05) is 30.3 Å². The molecular formula is C17H30N6O6. The first-order valence-corrected chi connectivity index (χ1v) is 8.51. The molecule has 12 nitrogen and oxygen atoms in total. The van der Waals surface area contributed by atoms with Gasteiger partial charge in [-0.3, -0.25) is 19.8 Å². The molecule has 1 rings (SSSR count). The highest BCUT2D eigenvalue weighted by atomic mass is 16.4. The average molecular weight is 414 g/mol. The van der Waals surface area contributed by atoms with Gasteiger partial charge in [0.05, 0.1) is 6.54 Å². The van der Waals surface area contributed by atoms with Crippen molar-refractivity contribution >= 4 is 23.9 Å². The van der Waals surface area contributed by atoms with Gasteiger partial charge in [-0.25, -0.2) is 0 Å². The number of aliphatic carboxylic acids is 3. The van der Waals surface area contributed by atoms with Crippen LogP contribution in [0.5, 0.6) is 0 Å². The smallest absolute Gasteiger partial charge is 0.320 e. The van der Waals surface area contributed by atoms with E-state index in [0.717, 1.165) is 5.56 Å². The molecule has 1 aromatic carbocycles. The Morgan fingerprint density at radius 1 is 1.00 bits per heavy atom. The number of carbonyl (C=O) groups is 3. The molecular weight excluding hydrogens is 384 g/mol. The molecule has 0 aliphatic carbocycles. The van der Waals surface area contributed by atoms with Gasteiger partial charge in [-0.1, -0.05) is 30.3 Å². The lowest BCUT2D eigenvalue weighted by molar-refractivity contribution is -0.139. The number of nitrogens with two attached hydrogens (primary N) is 4. The molecule has 0 saturated heterocycles. The minimum atomic E-state index is -1.00. The van der Waals surface area contributed by atoms with Crippen molar-refractivity contribution in [1.29, 1.82) is 5.41 Å². The fraction of sp³-hybridized carbons (Fsp3) is 0.412. The molecule has 0 radical (unpaired) electrons. The molecule has 12 heteroatoms. The maximum atomic E-state index is 10.4. The van der Waals surface area contributed by atoms with Gasteiger partial charge >= 0.3 is 17.9 Å². The first-order chi connectivity index (χ1) is 13.5. The lowest BCUT2D eigenvalue weighted by Crippen LogP contribution is -2.34. The molecule has 0 aliphatic rings. The topological polar surface area (TPSA) is 252 Å². The second-order valence-corrected chi connectivity index (χ2v) is 5.66. The number of carboxylic acids is 3. The Morgan fingerprint density at radius 2 is 1.48 bits per heavy atom. The lowest BCUT2D eigenvalue weighted by Gasteiger charge is -2.06. The molecule has 164 valence electrons. The molecule has 2 atom stereocenters. The van der Waals surface area contributed by atoms with Crippen molar-refractivity contribution in [1.82, 2.24) is 5.32 Å². The van der Waals surface area contributed by atoms with Gasteiger partial charge in [0.1, 0.15) is 12.1 Å². The summed E-state index contributed by atoms with van der Waals surface area (Å²) >= 11 is 0. The molecule has 0 spiro atoms. The van der Waals surface area contributed by atoms with Gasteiger partial charge in [-0.15, -0.1) is 0 Å². The average Bonchev–Trinajstić information content (AvgIpc) is 2.66. The van der Waals surface area contributed by atoms with Crippen LogP contribution in [0.15, 0.2) is 30.3 Å². The van der Waals surface area contributed by atoms with E-state index >= 15 is 0 Å². The monoisotopic (exact) mass is 414 g/mol. The second-order valence-electron chi connectivity index (χ2n) is 5.66. The van der Waals surface area contributed by atoms with Crippen molar-refractivity contribution < 1.29 is 29.7 Å². The molecule has 0 bridgehead atoms. The molecule has 2 unspecified atom stereocenters. The van der Waals surface area contributed by atoms with Crippen LogP contribution >= 0.6 is 0 Å². The maximum absolute atomic E-state index is 10.4. The van der Waals surface area contributed by atoms with Crippen molar-refractivity contribution in [3.8, 4) is 0 Å². The summed E-state index contributed by atoms with van der Waals surface area (Å²) in [7, 11) is 0. The van der Waals surface area contributed by atoms with Crippen molar-refractivity contribution in [2.45, 2.75) is 31.3 Å². The Hall–Kier alpha value is -3.22. The van der Waals surface area contributed by atoms with Crippen molar-refractivity contribution in [2.24, 2.45) is 22.9 Å². The standard InChI is InChI=1S/C9H11NO2.C6H14N4O2.C2H5NO2/c10-8(9(11)12)6-7-4-2-1-3-5-7;7-4(5(11)12)2-1-3-10-6(8)9;3-1-2(4)5/h1-5,8H,6,10H2,(H,11,12);4H,1-3,7H2,(H,11,12)(H4,8,9,10);1,3H2,(H,4,5). The van der Waals surface area contributed by atoms with E-state index in [4.69, 9.17) is 37.9 Å². The van der Waals surface area contributed by atoms with Gasteiger partial charge in [-0.05, 0) is 24.8 Å². The third-order valence-corrected chi connectivity index (χ3v) is 3.11. The van der Waals surface area contributed by atoms with Crippen molar-refractivity contribution in [3.63, 3.8) is 0 Å². The van der Waals surface area contributed by atoms with E-state index in [-0.39, 0.29) is 12.5 Å². The third-order valence-electron chi connectivity index (χ3n) is 3.11. The van der Waals surface area contributed by atoms with E-state index in [1.165, 1.54) is 0 Å². The van der Waals surface area contributed by atoms with Crippen LogP contribution in [0, 0.1) is 5.41 Å². The van der Waals surface area contributed by atoms with Crippen LogP contribution in [0.25, 0.3) is 0 Å². The zero-order chi connectivity index (χ0) is 22.8. The minimum Gasteiger partial charge on any atom is -0.480 e. The van der Waals surface area contributed by atoms with Crippen LogP contribution in [-0.2, 0) is 20.8 Å². The van der Waals surface area contributed by atoms with E-state index in [0.29, 0.717) is 25.8 Å². The number of rotatable bonds is 9. The highest BCUT2D eigenvalue weighted by Crippen LogP contribution is 2.01. The minimum absolute atomic E-state index is 0.112. The largest absolute Gasteiger partial charge is 0.480 e. The summed E-state index contributed by atoms with van der Waals surface area (Å²) in [6, 6.07) is 7.72. The molecule has 0 aromatic heterocycles. The summed E-state index contributed by atoms with van der Waals surface area (Å²) in [5.41, 5.74) is 21.1. The Kier molecular flexibility index (Phi) is 16.3. The van der Waals surface area contributed by atoms with Gasteiger partial charge in [0.25, 0.3) is 0 Å². The Bertz CT molecular complexity index is 628. The summed E-state index contributed by atoms with van der Waals surface area (Å²) in [6.45, 7) is 0.205. The summed E-state index contributed by atoms with van der Waals surface area (Å²) in [5, 5.41) is 33.8. The van der Waals surface area contributed by atoms with Crippen molar-refractivity contribution in [3.05, 3.63) is 35.9 Å². The zero-order valence-corrected chi connectivity index (χ0v) is 16.0. The van der Waals surface area contributed by atoms with Gasteiger partial charge < -0.3 is 43.6 Å². The van der Waals surface area contributed by atoms with E-state index in [1.54, 1.807) is 0 Å². The highest BCUT2D eigenvalue weighted by molar-refractivity contribution is 5.74. The number of hydrogen-bond acceptors (Lipinski definition) is 7. The van der Waals surface area contributed by atoms with Crippen LogP contribution < -0.4 is 28.3 Å². The Morgan fingerprint density at radius 3 is 1.86 bits per heavy atom. The number of guanidine groups is 1. The first kappa shape index (κ1) is 28.0. The SMILES string of the molecule is N=C(N)NCCCC(N)C(=O)O.NC(Cc1ccccc1)C(=O)O.NCC(=O)O. The Balaban J connectivity index is 0. The molecule has 13 N–H and O–H groups in total. The summed E-state index contributed by atoms with van der Waals surface area (Å²) < 4.78 is 0. The zero-order valence-electron chi connectivity index (χ0n) is 16.0. The molecule has 0 heterocycles. The number of hydrogen-bond donors (Lipinski definition) is 9. The lowest BCUT2D eigenvalue weighted by atomic mass is 10.1. The molecule has 0 aliphatic heterocycles.